The number of aromatic nitrogens is 2. The second kappa shape index (κ2) is 8.36. The molecule has 4 rings (SSSR count). The minimum atomic E-state index is -0.566. The summed E-state index contributed by atoms with van der Waals surface area (Å²) in [6.07, 6.45) is 2.53. The number of carbonyl (C=O) groups excluding carboxylic acids is 2. The number of hydrogen-bond acceptors (Lipinski definition) is 5. The summed E-state index contributed by atoms with van der Waals surface area (Å²) in [6.45, 7) is 0.353. The molecule has 1 aliphatic rings. The molecule has 1 fully saturated rings. The van der Waals surface area contributed by atoms with Gasteiger partial charge in [0.2, 0.25) is 11.8 Å². The number of hydrogen-bond donors (Lipinski definition) is 1. The lowest BCUT2D eigenvalue weighted by atomic mass is 10.2. The summed E-state index contributed by atoms with van der Waals surface area (Å²) < 4.78 is 6.53. The smallest absolute Gasteiger partial charge is 0.269 e. The SMILES string of the molecule is COc1ccc(NC(=O)C2CCCN2C(=O)Cn2c(=O)cnc3ccccc32)cc1. The summed E-state index contributed by atoms with van der Waals surface area (Å²) >= 11 is 0. The van der Waals surface area contributed by atoms with Crippen LogP contribution in [0.2, 0.25) is 0 Å². The van der Waals surface area contributed by atoms with Crippen LogP contribution in [0.25, 0.3) is 11.0 Å². The molecule has 30 heavy (non-hydrogen) atoms. The molecule has 0 radical (unpaired) electrons. The fourth-order valence-corrected chi connectivity index (χ4v) is 3.74. The van der Waals surface area contributed by atoms with Gasteiger partial charge in [-0.2, -0.15) is 0 Å². The number of amides is 2. The molecule has 8 nitrogen and oxygen atoms in total. The van der Waals surface area contributed by atoms with Crippen molar-refractivity contribution in [1.82, 2.24) is 14.5 Å². The van der Waals surface area contributed by atoms with Crippen LogP contribution >= 0.6 is 0 Å². The van der Waals surface area contributed by atoms with Gasteiger partial charge in [-0.05, 0) is 49.2 Å². The van der Waals surface area contributed by atoms with E-state index >= 15 is 0 Å². The monoisotopic (exact) mass is 406 g/mol. The Morgan fingerprint density at radius 2 is 1.93 bits per heavy atom. The number of benzene rings is 2. The van der Waals surface area contributed by atoms with Crippen molar-refractivity contribution in [3.05, 3.63) is 65.1 Å². The van der Waals surface area contributed by atoms with Crippen LogP contribution in [-0.2, 0) is 16.1 Å². The van der Waals surface area contributed by atoms with Crippen LogP contribution in [0.5, 0.6) is 5.75 Å². The molecule has 2 heterocycles. The maximum Gasteiger partial charge on any atom is 0.269 e. The van der Waals surface area contributed by atoms with Crippen molar-refractivity contribution in [1.29, 1.82) is 0 Å². The molecule has 1 saturated heterocycles. The maximum atomic E-state index is 13.0. The van der Waals surface area contributed by atoms with E-state index in [2.05, 4.69) is 10.3 Å². The van der Waals surface area contributed by atoms with Crippen LogP contribution < -0.4 is 15.6 Å². The number of likely N-dealkylation sites (tertiary alicyclic amines) is 1. The predicted octanol–water partition coefficient (Wildman–Crippen LogP) is 2.03. The van der Waals surface area contributed by atoms with Crippen molar-refractivity contribution in [3.63, 3.8) is 0 Å². The number of nitrogens with zero attached hydrogens (tertiary/aromatic N) is 3. The lowest BCUT2D eigenvalue weighted by molar-refractivity contribution is -0.137. The van der Waals surface area contributed by atoms with E-state index < -0.39 is 6.04 Å². The number of nitrogens with one attached hydrogen (secondary N) is 1. The highest BCUT2D eigenvalue weighted by molar-refractivity contribution is 5.97. The first-order valence-electron chi connectivity index (χ1n) is 9.76. The van der Waals surface area contributed by atoms with Crippen LogP contribution in [-0.4, -0.2) is 46.0 Å². The van der Waals surface area contributed by atoms with Gasteiger partial charge in [0, 0.05) is 12.2 Å². The zero-order chi connectivity index (χ0) is 21.1. The molecule has 2 amide bonds. The van der Waals surface area contributed by atoms with E-state index in [0.717, 1.165) is 6.42 Å². The molecule has 1 N–H and O–H groups in total. The van der Waals surface area contributed by atoms with Crippen molar-refractivity contribution in [2.24, 2.45) is 0 Å². The summed E-state index contributed by atoms with van der Waals surface area (Å²) in [7, 11) is 1.58. The minimum absolute atomic E-state index is 0.131. The summed E-state index contributed by atoms with van der Waals surface area (Å²) in [4.78, 5) is 43.8. The Morgan fingerprint density at radius 3 is 2.70 bits per heavy atom. The molecule has 3 aromatic rings. The zero-order valence-corrected chi connectivity index (χ0v) is 16.6. The quantitative estimate of drug-likeness (QED) is 0.700. The summed E-state index contributed by atoms with van der Waals surface area (Å²) in [5.74, 6) is 0.194. The molecule has 0 aliphatic carbocycles. The zero-order valence-electron chi connectivity index (χ0n) is 16.6. The second-order valence-electron chi connectivity index (χ2n) is 7.13. The van der Waals surface area contributed by atoms with Gasteiger partial charge in [0.1, 0.15) is 18.3 Å². The van der Waals surface area contributed by atoms with Gasteiger partial charge in [-0.1, -0.05) is 12.1 Å². The number of rotatable bonds is 5. The highest BCUT2D eigenvalue weighted by atomic mass is 16.5. The van der Waals surface area contributed by atoms with Gasteiger partial charge >= 0.3 is 0 Å². The lowest BCUT2D eigenvalue weighted by Crippen LogP contribution is -2.45. The van der Waals surface area contributed by atoms with Gasteiger partial charge in [-0.15, -0.1) is 0 Å². The highest BCUT2D eigenvalue weighted by Gasteiger charge is 2.34. The van der Waals surface area contributed by atoms with E-state index in [1.54, 1.807) is 54.5 Å². The normalized spacial score (nSPS) is 15.9. The Hall–Kier alpha value is -3.68. The molecule has 1 aromatic heterocycles. The largest absolute Gasteiger partial charge is 0.497 e. The van der Waals surface area contributed by atoms with Crippen LogP contribution in [0.4, 0.5) is 5.69 Å². The summed E-state index contributed by atoms with van der Waals surface area (Å²) in [5.41, 5.74) is 1.52. The molecule has 2 aromatic carbocycles. The number of para-hydroxylation sites is 2. The van der Waals surface area contributed by atoms with Gasteiger partial charge in [0.05, 0.1) is 24.3 Å². The number of carbonyl (C=O) groups is 2. The maximum absolute atomic E-state index is 13.0. The van der Waals surface area contributed by atoms with E-state index in [-0.39, 0.29) is 23.9 Å². The van der Waals surface area contributed by atoms with E-state index in [9.17, 15) is 14.4 Å². The molecule has 8 heteroatoms. The Balaban J connectivity index is 1.50. The lowest BCUT2D eigenvalue weighted by Gasteiger charge is -2.24. The molecule has 1 aliphatic heterocycles. The first kappa shape index (κ1) is 19.6. The van der Waals surface area contributed by atoms with Gasteiger partial charge in [-0.3, -0.25) is 19.0 Å². The topological polar surface area (TPSA) is 93.5 Å². The Labute approximate surface area is 173 Å². The molecular weight excluding hydrogens is 384 g/mol. The average Bonchev–Trinajstić information content (AvgIpc) is 3.26. The Morgan fingerprint density at radius 1 is 1.17 bits per heavy atom. The third-order valence-corrected chi connectivity index (χ3v) is 5.28. The number of anilines is 1. The first-order valence-corrected chi connectivity index (χ1v) is 9.76. The van der Waals surface area contributed by atoms with Gasteiger partial charge < -0.3 is 15.0 Å². The van der Waals surface area contributed by atoms with Gasteiger partial charge in [-0.25, -0.2) is 4.98 Å². The van der Waals surface area contributed by atoms with Crippen molar-refractivity contribution in [2.75, 3.05) is 19.0 Å². The summed E-state index contributed by atoms with van der Waals surface area (Å²) in [6, 6.07) is 13.6. The fraction of sp³-hybridized carbons (Fsp3) is 0.273. The van der Waals surface area contributed by atoms with E-state index in [1.807, 2.05) is 6.07 Å². The number of methoxy groups -OCH3 is 1. The molecule has 1 atom stereocenters. The van der Waals surface area contributed by atoms with Crippen LogP contribution in [0.1, 0.15) is 12.8 Å². The molecule has 154 valence electrons. The van der Waals surface area contributed by atoms with Crippen molar-refractivity contribution in [3.8, 4) is 5.75 Å². The molecule has 0 spiro atoms. The Bertz CT molecular complexity index is 1140. The first-order chi connectivity index (χ1) is 14.6. The average molecular weight is 406 g/mol. The van der Waals surface area contributed by atoms with E-state index in [4.69, 9.17) is 4.74 Å². The molecule has 0 bridgehead atoms. The van der Waals surface area contributed by atoms with Gasteiger partial charge in [0.15, 0.2) is 0 Å². The highest BCUT2D eigenvalue weighted by Crippen LogP contribution is 2.21. The molecule has 0 saturated carbocycles. The number of fused-ring (bicyclic) bond motifs is 1. The number of ether oxygens (including phenoxy) is 1. The van der Waals surface area contributed by atoms with Crippen LogP contribution in [0, 0.1) is 0 Å². The molecule has 1 unspecified atom stereocenters. The van der Waals surface area contributed by atoms with Gasteiger partial charge in [0.25, 0.3) is 5.56 Å². The summed E-state index contributed by atoms with van der Waals surface area (Å²) in [5, 5.41) is 2.86. The second-order valence-corrected chi connectivity index (χ2v) is 7.13. The van der Waals surface area contributed by atoms with E-state index in [1.165, 1.54) is 10.8 Å². The van der Waals surface area contributed by atoms with E-state index in [0.29, 0.717) is 35.4 Å². The standard InChI is InChI=1S/C22H22N4O4/c1-30-16-10-8-15(9-11-16)24-22(29)19-7-4-12-25(19)21(28)14-26-18-6-3-2-5-17(18)23-13-20(26)27/h2-3,5-6,8-11,13,19H,4,7,12,14H2,1H3,(H,24,29). The van der Waals surface area contributed by atoms with Crippen LogP contribution in [0.15, 0.2) is 59.5 Å². The van der Waals surface area contributed by atoms with Crippen molar-refractivity contribution < 1.29 is 14.3 Å². The fourth-order valence-electron chi connectivity index (χ4n) is 3.74. The Kier molecular flexibility index (Phi) is 5.47. The third-order valence-electron chi connectivity index (χ3n) is 5.28. The predicted molar refractivity (Wildman–Crippen MR) is 112 cm³/mol. The third kappa shape index (κ3) is 3.89. The molecular formula is C22H22N4O4. The van der Waals surface area contributed by atoms with Crippen molar-refractivity contribution >= 4 is 28.5 Å². The minimum Gasteiger partial charge on any atom is -0.497 e. The van der Waals surface area contributed by atoms with Crippen molar-refractivity contribution in [2.45, 2.75) is 25.4 Å². The van der Waals surface area contributed by atoms with Crippen LogP contribution in [0.3, 0.4) is 0 Å².